The van der Waals surface area contributed by atoms with Gasteiger partial charge in [0.05, 0.1) is 7.11 Å². The molecule has 76 valence electrons. The highest BCUT2D eigenvalue weighted by Crippen LogP contribution is 2.30. The maximum Gasteiger partial charge on any atom is 0.152 e. The van der Waals surface area contributed by atoms with E-state index in [-0.39, 0.29) is 5.78 Å². The van der Waals surface area contributed by atoms with E-state index in [0.717, 1.165) is 0 Å². The molecule has 0 bridgehead atoms. The summed E-state index contributed by atoms with van der Waals surface area (Å²) >= 11 is 10.1. The van der Waals surface area contributed by atoms with Gasteiger partial charge in [-0.3, -0.25) is 4.79 Å². The number of alkyl halides is 1. The Labute approximate surface area is 93.6 Å². The summed E-state index contributed by atoms with van der Waals surface area (Å²) in [7, 11) is 1.56. The van der Waals surface area contributed by atoms with E-state index in [9.17, 15) is 4.79 Å². The summed E-state index contributed by atoms with van der Waals surface area (Å²) in [4.78, 5) is 11.8. The SMILES string of the molecule is COc1ccc(S)c(C(Cl)C(C)=O)c1. The molecule has 0 N–H and O–H groups in total. The average molecular weight is 231 g/mol. The first-order chi connectivity index (χ1) is 6.56. The summed E-state index contributed by atoms with van der Waals surface area (Å²) in [5.74, 6) is 0.569. The molecule has 0 spiro atoms. The summed E-state index contributed by atoms with van der Waals surface area (Å²) in [5, 5.41) is -0.655. The normalized spacial score (nSPS) is 12.3. The fourth-order valence-corrected chi connectivity index (χ4v) is 1.61. The van der Waals surface area contributed by atoms with Crippen LogP contribution in [0.5, 0.6) is 5.75 Å². The summed E-state index contributed by atoms with van der Waals surface area (Å²) in [5.41, 5.74) is 0.682. The van der Waals surface area contributed by atoms with Crippen LogP contribution in [0.4, 0.5) is 0 Å². The molecule has 1 aromatic carbocycles. The number of thiol groups is 1. The van der Waals surface area contributed by atoms with Crippen molar-refractivity contribution in [3.63, 3.8) is 0 Å². The van der Waals surface area contributed by atoms with Gasteiger partial charge in [-0.05, 0) is 30.7 Å². The van der Waals surface area contributed by atoms with Gasteiger partial charge < -0.3 is 4.74 Å². The van der Waals surface area contributed by atoms with Crippen LogP contribution in [0.2, 0.25) is 0 Å². The predicted molar refractivity (Wildman–Crippen MR) is 59.5 cm³/mol. The molecule has 0 aromatic heterocycles. The standard InChI is InChI=1S/C10H11ClO2S/c1-6(12)10(11)8-5-7(13-2)3-4-9(8)14/h3-5,10,14H,1-2H3. The minimum Gasteiger partial charge on any atom is -0.497 e. The third-order valence-electron chi connectivity index (χ3n) is 1.86. The lowest BCUT2D eigenvalue weighted by Gasteiger charge is -2.10. The molecule has 0 aliphatic heterocycles. The van der Waals surface area contributed by atoms with E-state index in [1.807, 2.05) is 0 Å². The molecular weight excluding hydrogens is 220 g/mol. The Morgan fingerprint density at radius 3 is 2.71 bits per heavy atom. The van der Waals surface area contributed by atoms with Gasteiger partial charge in [0.1, 0.15) is 11.1 Å². The molecule has 0 fully saturated rings. The van der Waals surface area contributed by atoms with Crippen LogP contribution in [0.1, 0.15) is 17.9 Å². The number of methoxy groups -OCH3 is 1. The van der Waals surface area contributed by atoms with Crippen molar-refractivity contribution in [3.05, 3.63) is 23.8 Å². The van der Waals surface area contributed by atoms with Crippen LogP contribution in [0.3, 0.4) is 0 Å². The van der Waals surface area contributed by atoms with Gasteiger partial charge in [-0.1, -0.05) is 0 Å². The zero-order valence-corrected chi connectivity index (χ0v) is 9.60. The molecule has 0 aliphatic carbocycles. The second-order valence-electron chi connectivity index (χ2n) is 2.90. The number of hydrogen-bond donors (Lipinski definition) is 1. The first kappa shape index (κ1) is 11.4. The molecular formula is C10H11ClO2S. The van der Waals surface area contributed by atoms with Crippen LogP contribution < -0.4 is 4.74 Å². The average Bonchev–Trinajstić information content (AvgIpc) is 2.17. The van der Waals surface area contributed by atoms with Gasteiger partial charge in [0, 0.05) is 4.90 Å². The van der Waals surface area contributed by atoms with Gasteiger partial charge >= 0.3 is 0 Å². The molecule has 0 saturated carbocycles. The number of ether oxygens (including phenoxy) is 1. The zero-order chi connectivity index (χ0) is 10.7. The Morgan fingerprint density at radius 1 is 1.57 bits per heavy atom. The number of carbonyl (C=O) groups excluding carboxylic acids is 1. The van der Waals surface area contributed by atoms with Crippen molar-refractivity contribution >= 4 is 30.0 Å². The largest absolute Gasteiger partial charge is 0.497 e. The lowest BCUT2D eigenvalue weighted by Crippen LogP contribution is -2.02. The third-order valence-corrected chi connectivity index (χ3v) is 2.81. The highest BCUT2D eigenvalue weighted by molar-refractivity contribution is 7.80. The number of hydrogen-bond acceptors (Lipinski definition) is 3. The van der Waals surface area contributed by atoms with Gasteiger partial charge in [-0.2, -0.15) is 0 Å². The Morgan fingerprint density at radius 2 is 2.21 bits per heavy atom. The van der Waals surface area contributed by atoms with Gasteiger partial charge in [0.25, 0.3) is 0 Å². The Balaban J connectivity index is 3.11. The zero-order valence-electron chi connectivity index (χ0n) is 7.95. The van der Waals surface area contributed by atoms with Gasteiger partial charge in [-0.25, -0.2) is 0 Å². The first-order valence-electron chi connectivity index (χ1n) is 4.07. The second kappa shape index (κ2) is 4.71. The van der Waals surface area contributed by atoms with Crippen molar-refractivity contribution in [1.82, 2.24) is 0 Å². The van der Waals surface area contributed by atoms with Crippen molar-refractivity contribution in [2.24, 2.45) is 0 Å². The lowest BCUT2D eigenvalue weighted by molar-refractivity contribution is -0.116. The van der Waals surface area contributed by atoms with E-state index in [4.69, 9.17) is 16.3 Å². The van der Waals surface area contributed by atoms with Gasteiger partial charge in [0.15, 0.2) is 5.78 Å². The summed E-state index contributed by atoms with van der Waals surface area (Å²) in [6.45, 7) is 1.45. The fraction of sp³-hybridized carbons (Fsp3) is 0.300. The second-order valence-corrected chi connectivity index (χ2v) is 3.82. The Hall–Kier alpha value is -0.670. The Kier molecular flexibility index (Phi) is 3.84. The van der Waals surface area contributed by atoms with Gasteiger partial charge in [0.2, 0.25) is 0 Å². The molecule has 0 aliphatic rings. The van der Waals surface area contributed by atoms with Crippen LogP contribution in [-0.4, -0.2) is 12.9 Å². The maximum absolute atomic E-state index is 11.1. The highest BCUT2D eigenvalue weighted by Gasteiger charge is 2.16. The molecule has 1 atom stereocenters. The molecule has 2 nitrogen and oxygen atoms in total. The topological polar surface area (TPSA) is 26.3 Å². The van der Waals surface area contributed by atoms with Crippen molar-refractivity contribution in [3.8, 4) is 5.75 Å². The molecule has 14 heavy (non-hydrogen) atoms. The van der Waals surface area contributed by atoms with E-state index in [0.29, 0.717) is 16.2 Å². The van der Waals surface area contributed by atoms with Crippen molar-refractivity contribution < 1.29 is 9.53 Å². The molecule has 1 unspecified atom stereocenters. The van der Waals surface area contributed by atoms with Crippen LogP contribution in [-0.2, 0) is 4.79 Å². The quantitative estimate of drug-likeness (QED) is 0.639. The van der Waals surface area contributed by atoms with Crippen molar-refractivity contribution in [2.75, 3.05) is 7.11 Å². The Bertz CT molecular complexity index is 352. The number of halogens is 1. The van der Waals surface area contributed by atoms with E-state index in [1.54, 1.807) is 25.3 Å². The number of benzene rings is 1. The molecule has 0 amide bonds. The van der Waals surface area contributed by atoms with E-state index < -0.39 is 5.38 Å². The highest BCUT2D eigenvalue weighted by atomic mass is 35.5. The molecule has 0 heterocycles. The number of Topliss-reactive ketones (excluding diaryl/α,β-unsaturated/α-hetero) is 1. The van der Waals surface area contributed by atoms with E-state index >= 15 is 0 Å². The fourth-order valence-electron chi connectivity index (χ4n) is 1.08. The maximum atomic E-state index is 11.1. The van der Waals surface area contributed by atoms with E-state index in [2.05, 4.69) is 12.6 Å². The monoisotopic (exact) mass is 230 g/mol. The number of rotatable bonds is 3. The summed E-state index contributed by atoms with van der Waals surface area (Å²) in [6, 6.07) is 5.26. The molecule has 0 radical (unpaired) electrons. The van der Waals surface area contributed by atoms with Crippen LogP contribution in [0.25, 0.3) is 0 Å². The number of carbonyl (C=O) groups is 1. The third kappa shape index (κ3) is 2.42. The molecule has 0 saturated heterocycles. The van der Waals surface area contributed by atoms with Crippen molar-refractivity contribution in [2.45, 2.75) is 17.2 Å². The minimum atomic E-state index is -0.655. The first-order valence-corrected chi connectivity index (χ1v) is 4.96. The molecule has 1 rings (SSSR count). The molecule has 1 aromatic rings. The lowest BCUT2D eigenvalue weighted by atomic mass is 10.1. The number of ketones is 1. The van der Waals surface area contributed by atoms with Crippen LogP contribution in [0, 0.1) is 0 Å². The molecule has 4 heteroatoms. The van der Waals surface area contributed by atoms with Gasteiger partial charge in [-0.15, -0.1) is 24.2 Å². The minimum absolute atomic E-state index is 0.102. The van der Waals surface area contributed by atoms with Crippen LogP contribution in [0.15, 0.2) is 23.1 Å². The van der Waals surface area contributed by atoms with Crippen molar-refractivity contribution in [1.29, 1.82) is 0 Å². The summed E-state index contributed by atoms with van der Waals surface area (Å²) < 4.78 is 5.04. The predicted octanol–water partition coefficient (Wildman–Crippen LogP) is 2.85. The van der Waals surface area contributed by atoms with E-state index in [1.165, 1.54) is 6.92 Å². The smallest absolute Gasteiger partial charge is 0.152 e. The van der Waals surface area contributed by atoms with Crippen LogP contribution >= 0.6 is 24.2 Å². The summed E-state index contributed by atoms with van der Waals surface area (Å²) in [6.07, 6.45) is 0.